The highest BCUT2D eigenvalue weighted by molar-refractivity contribution is 6.04. The summed E-state index contributed by atoms with van der Waals surface area (Å²) in [5.74, 6) is -1.68. The van der Waals surface area contributed by atoms with Gasteiger partial charge in [-0.3, -0.25) is 14.4 Å². The number of halogens is 1. The van der Waals surface area contributed by atoms with Crippen LogP contribution in [0.1, 0.15) is 26.3 Å². The zero-order valence-electron chi connectivity index (χ0n) is 15.4. The number of hydrogen-bond donors (Lipinski definition) is 1. The summed E-state index contributed by atoms with van der Waals surface area (Å²) in [5.41, 5.74) is 1.89. The Hall–Kier alpha value is -3.80. The fourth-order valence-electron chi connectivity index (χ4n) is 2.63. The third-order valence-electron chi connectivity index (χ3n) is 4.10. The number of carbonyl (C=O) groups excluding carboxylic acids is 3. The van der Waals surface area contributed by atoms with E-state index in [2.05, 4.69) is 5.32 Å². The van der Waals surface area contributed by atoms with Gasteiger partial charge in [0, 0.05) is 16.8 Å². The summed E-state index contributed by atoms with van der Waals surface area (Å²) in [6, 6.07) is 20.7. The normalized spacial score (nSPS) is 10.2. The van der Waals surface area contributed by atoms with Gasteiger partial charge in [0.25, 0.3) is 5.91 Å². The summed E-state index contributed by atoms with van der Waals surface area (Å²) < 4.78 is 18.1. The second-order valence-corrected chi connectivity index (χ2v) is 6.29. The molecule has 3 aromatic carbocycles. The molecule has 0 bridgehead atoms. The third kappa shape index (κ3) is 5.84. The maximum Gasteiger partial charge on any atom is 0.310 e. The molecule has 1 amide bonds. The largest absolute Gasteiger partial charge is 0.457 e. The minimum atomic E-state index is -0.615. The number of nitrogens with one attached hydrogen (secondary N) is 1. The molecule has 0 aromatic heterocycles. The van der Waals surface area contributed by atoms with Crippen molar-refractivity contribution in [2.45, 2.75) is 6.42 Å². The number of ether oxygens (including phenoxy) is 1. The number of Topliss-reactive ketones (excluding diaryl/α,β-unsaturated/α-hetero) is 1. The van der Waals surface area contributed by atoms with E-state index in [9.17, 15) is 18.8 Å². The van der Waals surface area contributed by atoms with E-state index >= 15 is 0 Å². The van der Waals surface area contributed by atoms with Gasteiger partial charge in [0.1, 0.15) is 5.82 Å². The summed E-state index contributed by atoms with van der Waals surface area (Å²) in [6.07, 6.45) is -0.116. The first-order valence-corrected chi connectivity index (χ1v) is 8.91. The van der Waals surface area contributed by atoms with E-state index in [1.807, 2.05) is 6.07 Å². The van der Waals surface area contributed by atoms with Gasteiger partial charge in [0.05, 0.1) is 6.42 Å². The number of anilines is 1. The Morgan fingerprint density at radius 2 is 1.55 bits per heavy atom. The van der Waals surface area contributed by atoms with Crippen LogP contribution in [0.4, 0.5) is 10.1 Å². The first kappa shape index (κ1) is 19.9. The molecule has 0 saturated heterocycles. The molecule has 6 heteroatoms. The molecule has 0 spiro atoms. The van der Waals surface area contributed by atoms with E-state index < -0.39 is 18.4 Å². The van der Waals surface area contributed by atoms with Gasteiger partial charge in [-0.15, -0.1) is 0 Å². The zero-order chi connectivity index (χ0) is 20.6. The van der Waals surface area contributed by atoms with Gasteiger partial charge in [-0.05, 0) is 54.1 Å². The number of ketones is 1. The SMILES string of the molecule is O=C(Cc1cccc(F)c1)OCC(=O)c1ccc(NC(=O)c2ccccc2)cc1. The van der Waals surface area contributed by atoms with E-state index in [-0.39, 0.29) is 18.1 Å². The van der Waals surface area contributed by atoms with Crippen LogP contribution in [0.15, 0.2) is 78.9 Å². The Balaban J connectivity index is 1.51. The number of carbonyl (C=O) groups is 3. The van der Waals surface area contributed by atoms with Gasteiger partial charge in [-0.2, -0.15) is 0 Å². The van der Waals surface area contributed by atoms with Gasteiger partial charge >= 0.3 is 5.97 Å². The maximum atomic E-state index is 13.1. The smallest absolute Gasteiger partial charge is 0.310 e. The molecule has 0 fully saturated rings. The molecule has 5 nitrogen and oxygen atoms in total. The van der Waals surface area contributed by atoms with Crippen molar-refractivity contribution >= 4 is 23.3 Å². The van der Waals surface area contributed by atoms with Crippen LogP contribution in [0, 0.1) is 5.82 Å². The van der Waals surface area contributed by atoms with Gasteiger partial charge in [-0.25, -0.2) is 4.39 Å². The Morgan fingerprint density at radius 1 is 0.828 bits per heavy atom. The predicted octanol–water partition coefficient (Wildman–Crippen LogP) is 4.05. The Kier molecular flexibility index (Phi) is 6.47. The number of benzene rings is 3. The summed E-state index contributed by atoms with van der Waals surface area (Å²) in [4.78, 5) is 36.1. The molecule has 3 rings (SSSR count). The van der Waals surface area contributed by atoms with Crippen LogP contribution in [-0.2, 0) is 16.0 Å². The molecule has 0 atom stereocenters. The first-order valence-electron chi connectivity index (χ1n) is 8.91. The molecule has 1 N–H and O–H groups in total. The molecule has 0 heterocycles. The Labute approximate surface area is 167 Å². The third-order valence-corrected chi connectivity index (χ3v) is 4.10. The van der Waals surface area contributed by atoms with E-state index in [1.165, 1.54) is 18.2 Å². The zero-order valence-corrected chi connectivity index (χ0v) is 15.4. The highest BCUT2D eigenvalue weighted by Crippen LogP contribution is 2.12. The lowest BCUT2D eigenvalue weighted by atomic mass is 10.1. The quantitative estimate of drug-likeness (QED) is 0.487. The molecule has 3 aromatic rings. The molecule has 0 radical (unpaired) electrons. The second kappa shape index (κ2) is 9.41. The Morgan fingerprint density at radius 3 is 2.24 bits per heavy atom. The maximum absolute atomic E-state index is 13.1. The molecule has 0 aliphatic rings. The van der Waals surface area contributed by atoms with Crippen molar-refractivity contribution < 1.29 is 23.5 Å². The topological polar surface area (TPSA) is 72.5 Å². The summed E-state index contributed by atoms with van der Waals surface area (Å²) in [6.45, 7) is -0.413. The van der Waals surface area contributed by atoms with Crippen molar-refractivity contribution in [3.63, 3.8) is 0 Å². The average Bonchev–Trinajstić information content (AvgIpc) is 2.73. The highest BCUT2D eigenvalue weighted by atomic mass is 19.1. The van der Waals surface area contributed by atoms with Crippen LogP contribution in [0.3, 0.4) is 0 Å². The number of rotatable bonds is 7. The van der Waals surface area contributed by atoms with Gasteiger partial charge < -0.3 is 10.1 Å². The lowest BCUT2D eigenvalue weighted by Gasteiger charge is -2.07. The molecule has 0 saturated carbocycles. The minimum absolute atomic E-state index is 0.116. The summed E-state index contributed by atoms with van der Waals surface area (Å²) in [5, 5.41) is 2.74. The molecule has 29 heavy (non-hydrogen) atoms. The number of amides is 1. The number of hydrogen-bond acceptors (Lipinski definition) is 4. The van der Waals surface area contributed by atoms with E-state index in [0.29, 0.717) is 22.4 Å². The summed E-state index contributed by atoms with van der Waals surface area (Å²) >= 11 is 0. The van der Waals surface area contributed by atoms with E-state index in [0.717, 1.165) is 0 Å². The first-order chi connectivity index (χ1) is 14.0. The fraction of sp³-hybridized carbons (Fsp3) is 0.0870. The lowest BCUT2D eigenvalue weighted by molar-refractivity contribution is -0.141. The number of esters is 1. The highest BCUT2D eigenvalue weighted by Gasteiger charge is 2.12. The van der Waals surface area contributed by atoms with Crippen LogP contribution < -0.4 is 5.32 Å². The fourth-order valence-corrected chi connectivity index (χ4v) is 2.63. The standard InChI is InChI=1S/C23H18FNO4/c24-19-8-4-5-16(13-19)14-22(27)29-15-21(26)17-9-11-20(12-10-17)25-23(28)18-6-2-1-3-7-18/h1-13H,14-15H2,(H,25,28). The monoisotopic (exact) mass is 391 g/mol. The van der Waals surface area contributed by atoms with Gasteiger partial charge in [0.2, 0.25) is 0 Å². The molecule has 146 valence electrons. The van der Waals surface area contributed by atoms with Crippen molar-refractivity contribution in [3.05, 3.63) is 101 Å². The van der Waals surface area contributed by atoms with Crippen molar-refractivity contribution in [1.29, 1.82) is 0 Å². The van der Waals surface area contributed by atoms with Crippen molar-refractivity contribution in [1.82, 2.24) is 0 Å². The van der Waals surface area contributed by atoms with Gasteiger partial charge in [0.15, 0.2) is 12.4 Å². The Bertz CT molecular complexity index is 1020. The van der Waals surface area contributed by atoms with Crippen molar-refractivity contribution in [2.24, 2.45) is 0 Å². The molecule has 0 unspecified atom stereocenters. The van der Waals surface area contributed by atoms with Crippen molar-refractivity contribution in [3.8, 4) is 0 Å². The predicted molar refractivity (Wildman–Crippen MR) is 106 cm³/mol. The minimum Gasteiger partial charge on any atom is -0.457 e. The van der Waals surface area contributed by atoms with Gasteiger partial charge in [-0.1, -0.05) is 30.3 Å². The van der Waals surface area contributed by atoms with Crippen LogP contribution >= 0.6 is 0 Å². The van der Waals surface area contributed by atoms with E-state index in [1.54, 1.807) is 54.6 Å². The second-order valence-electron chi connectivity index (χ2n) is 6.29. The van der Waals surface area contributed by atoms with Crippen LogP contribution in [0.25, 0.3) is 0 Å². The molecule has 0 aliphatic heterocycles. The molecule has 0 aliphatic carbocycles. The average molecular weight is 391 g/mol. The lowest BCUT2D eigenvalue weighted by Crippen LogP contribution is -2.16. The van der Waals surface area contributed by atoms with E-state index in [4.69, 9.17) is 4.74 Å². The summed E-state index contributed by atoms with van der Waals surface area (Å²) in [7, 11) is 0. The molecular weight excluding hydrogens is 373 g/mol. The van der Waals surface area contributed by atoms with Crippen LogP contribution in [-0.4, -0.2) is 24.3 Å². The molecular formula is C23H18FNO4. The van der Waals surface area contributed by atoms with Crippen LogP contribution in [0.5, 0.6) is 0 Å². The van der Waals surface area contributed by atoms with Crippen molar-refractivity contribution in [2.75, 3.05) is 11.9 Å². The van der Waals surface area contributed by atoms with Crippen LogP contribution in [0.2, 0.25) is 0 Å².